The van der Waals surface area contributed by atoms with Gasteiger partial charge in [0.1, 0.15) is 10.9 Å². The van der Waals surface area contributed by atoms with Crippen molar-refractivity contribution in [3.8, 4) is 11.3 Å². The third kappa shape index (κ3) is 8.82. The zero-order chi connectivity index (χ0) is 34.9. The second-order valence-corrected chi connectivity index (χ2v) is 13.8. The van der Waals surface area contributed by atoms with Gasteiger partial charge < -0.3 is 16.0 Å². The van der Waals surface area contributed by atoms with E-state index in [1.54, 1.807) is 42.5 Å². The SMILES string of the molecule is Cc1cccc(/C=C(\NC(=O)c2ccccc2)C(=O)Nc2ccc(SC(C(=O)Nc3nc(-c4ccccc4)c(C)s3)c3ccccc3)cc2)c1. The maximum Gasteiger partial charge on any atom is 0.272 e. The molecule has 3 N–H and O–H groups in total. The van der Waals surface area contributed by atoms with Crippen LogP contribution in [-0.4, -0.2) is 22.7 Å². The lowest BCUT2D eigenvalue weighted by Crippen LogP contribution is -2.30. The number of rotatable bonds is 11. The van der Waals surface area contributed by atoms with E-state index in [0.29, 0.717) is 16.4 Å². The summed E-state index contributed by atoms with van der Waals surface area (Å²) in [7, 11) is 0. The van der Waals surface area contributed by atoms with Gasteiger partial charge in [0, 0.05) is 26.6 Å². The molecule has 0 aliphatic carbocycles. The van der Waals surface area contributed by atoms with Gasteiger partial charge >= 0.3 is 0 Å². The van der Waals surface area contributed by atoms with Crippen molar-refractivity contribution in [3.05, 3.63) is 172 Å². The molecule has 1 aromatic heterocycles. The van der Waals surface area contributed by atoms with Crippen molar-refractivity contribution in [2.75, 3.05) is 10.6 Å². The van der Waals surface area contributed by atoms with Crippen LogP contribution in [0.4, 0.5) is 10.8 Å². The minimum atomic E-state index is -0.557. The van der Waals surface area contributed by atoms with Gasteiger partial charge in [0.05, 0.1) is 5.69 Å². The molecule has 0 radical (unpaired) electrons. The lowest BCUT2D eigenvalue weighted by Gasteiger charge is -2.17. The number of thioether (sulfide) groups is 1. The van der Waals surface area contributed by atoms with Crippen LogP contribution in [0.5, 0.6) is 0 Å². The normalized spacial score (nSPS) is 11.8. The molecule has 0 saturated carbocycles. The first kappa shape index (κ1) is 34.1. The number of anilines is 2. The second kappa shape index (κ2) is 16.1. The highest BCUT2D eigenvalue weighted by Crippen LogP contribution is 2.38. The fourth-order valence-electron chi connectivity index (χ4n) is 5.21. The van der Waals surface area contributed by atoms with E-state index in [1.807, 2.05) is 117 Å². The number of nitrogens with one attached hydrogen (secondary N) is 3. The fourth-order valence-corrected chi connectivity index (χ4v) is 7.07. The molecule has 6 aromatic rings. The smallest absolute Gasteiger partial charge is 0.272 e. The van der Waals surface area contributed by atoms with E-state index < -0.39 is 11.2 Å². The van der Waals surface area contributed by atoms with Crippen molar-refractivity contribution in [2.24, 2.45) is 0 Å². The van der Waals surface area contributed by atoms with Crippen LogP contribution < -0.4 is 16.0 Å². The van der Waals surface area contributed by atoms with Crippen molar-refractivity contribution >= 4 is 57.7 Å². The van der Waals surface area contributed by atoms with E-state index in [-0.39, 0.29) is 17.5 Å². The van der Waals surface area contributed by atoms with E-state index in [0.717, 1.165) is 37.7 Å². The number of amides is 3. The third-order valence-electron chi connectivity index (χ3n) is 7.66. The molecule has 3 amide bonds. The number of carbonyl (C=O) groups excluding carboxylic acids is 3. The first-order valence-electron chi connectivity index (χ1n) is 15.9. The number of aromatic nitrogens is 1. The van der Waals surface area contributed by atoms with Crippen LogP contribution in [0.25, 0.3) is 17.3 Å². The lowest BCUT2D eigenvalue weighted by molar-refractivity contribution is -0.116. The molecule has 7 nitrogen and oxygen atoms in total. The first-order valence-corrected chi connectivity index (χ1v) is 17.6. The minimum absolute atomic E-state index is 0.108. The monoisotopic (exact) mass is 694 g/mol. The highest BCUT2D eigenvalue weighted by Gasteiger charge is 2.24. The van der Waals surface area contributed by atoms with Gasteiger partial charge in [0.2, 0.25) is 5.91 Å². The topological polar surface area (TPSA) is 100 Å². The lowest BCUT2D eigenvalue weighted by atomic mass is 10.1. The predicted molar refractivity (Wildman–Crippen MR) is 204 cm³/mol. The number of aryl methyl sites for hydroxylation is 2. The molecule has 5 aromatic carbocycles. The predicted octanol–water partition coefficient (Wildman–Crippen LogP) is 9.31. The maximum atomic E-state index is 13.8. The highest BCUT2D eigenvalue weighted by molar-refractivity contribution is 8.00. The van der Waals surface area contributed by atoms with Crippen LogP contribution in [-0.2, 0) is 9.59 Å². The Hall–Kier alpha value is -5.77. The summed E-state index contributed by atoms with van der Waals surface area (Å²) in [4.78, 5) is 46.9. The van der Waals surface area contributed by atoms with Crippen LogP contribution in [0.2, 0.25) is 0 Å². The maximum absolute atomic E-state index is 13.8. The summed E-state index contributed by atoms with van der Waals surface area (Å²) in [5.41, 5.74) is 5.60. The summed E-state index contributed by atoms with van der Waals surface area (Å²) in [6.45, 7) is 3.96. The van der Waals surface area contributed by atoms with Crippen molar-refractivity contribution in [2.45, 2.75) is 24.0 Å². The van der Waals surface area contributed by atoms with Gasteiger partial charge in [-0.15, -0.1) is 23.1 Å². The van der Waals surface area contributed by atoms with Crippen molar-refractivity contribution in [1.82, 2.24) is 10.3 Å². The van der Waals surface area contributed by atoms with Crippen LogP contribution in [0.3, 0.4) is 0 Å². The zero-order valence-corrected chi connectivity index (χ0v) is 29.1. The average Bonchev–Trinajstić information content (AvgIpc) is 3.51. The molecule has 248 valence electrons. The molecule has 1 atom stereocenters. The summed E-state index contributed by atoms with van der Waals surface area (Å²) in [5, 5.41) is 8.71. The Kier molecular flexibility index (Phi) is 11.0. The average molecular weight is 695 g/mol. The van der Waals surface area contributed by atoms with Gasteiger partial charge in [0.15, 0.2) is 5.13 Å². The number of thiazole rings is 1. The standard InChI is InChI=1S/C41H34N4O3S2/c1-27-13-12-14-29(25-27)26-35(43-38(46)32-19-10-5-11-20-32)39(47)42-33-21-23-34(24-22-33)50-37(31-17-8-4-9-18-31)40(48)45-41-44-36(28(2)49-41)30-15-6-3-7-16-30/h3-26,37H,1-2H3,(H,42,47)(H,43,46)(H,44,45,48)/b35-26-. The molecular formula is C41H34N4O3S2. The van der Waals surface area contributed by atoms with Crippen LogP contribution in [0.1, 0.15) is 37.2 Å². The largest absolute Gasteiger partial charge is 0.321 e. The van der Waals surface area contributed by atoms with Gasteiger partial charge in [-0.1, -0.05) is 109 Å². The molecule has 1 heterocycles. The molecule has 0 spiro atoms. The summed E-state index contributed by atoms with van der Waals surface area (Å²) in [6, 6.07) is 43.2. The zero-order valence-electron chi connectivity index (χ0n) is 27.4. The van der Waals surface area contributed by atoms with Crippen molar-refractivity contribution in [1.29, 1.82) is 0 Å². The van der Waals surface area contributed by atoms with E-state index in [9.17, 15) is 14.4 Å². The molecule has 6 rings (SSSR count). The van der Waals surface area contributed by atoms with Gasteiger partial charge in [0.25, 0.3) is 11.8 Å². The quantitative estimate of drug-likeness (QED) is 0.0928. The van der Waals surface area contributed by atoms with Crippen molar-refractivity contribution in [3.63, 3.8) is 0 Å². The molecular weight excluding hydrogens is 661 g/mol. The Morgan fingerprint density at radius 1 is 0.740 bits per heavy atom. The minimum Gasteiger partial charge on any atom is -0.321 e. The Balaban J connectivity index is 1.18. The van der Waals surface area contributed by atoms with Gasteiger partial charge in [-0.2, -0.15) is 0 Å². The Bertz CT molecular complexity index is 2130. The Morgan fingerprint density at radius 2 is 1.40 bits per heavy atom. The fraction of sp³-hybridized carbons (Fsp3) is 0.0732. The molecule has 0 saturated heterocycles. The summed E-state index contributed by atoms with van der Waals surface area (Å²) in [5.74, 6) is -1.04. The molecule has 0 aliphatic rings. The van der Waals surface area contributed by atoms with E-state index in [1.165, 1.54) is 23.1 Å². The number of hydrogen-bond donors (Lipinski definition) is 3. The second-order valence-electron chi connectivity index (χ2n) is 11.5. The number of hydrogen-bond acceptors (Lipinski definition) is 6. The van der Waals surface area contributed by atoms with Gasteiger partial charge in [-0.25, -0.2) is 4.98 Å². The van der Waals surface area contributed by atoms with Gasteiger partial charge in [-0.05, 0) is 67.4 Å². The number of nitrogens with zero attached hydrogens (tertiary/aromatic N) is 1. The van der Waals surface area contributed by atoms with Crippen LogP contribution in [0, 0.1) is 13.8 Å². The van der Waals surface area contributed by atoms with Crippen molar-refractivity contribution < 1.29 is 14.4 Å². The molecule has 9 heteroatoms. The Morgan fingerprint density at radius 3 is 2.08 bits per heavy atom. The molecule has 1 unspecified atom stereocenters. The van der Waals surface area contributed by atoms with E-state index >= 15 is 0 Å². The molecule has 0 fully saturated rings. The summed E-state index contributed by atoms with van der Waals surface area (Å²) in [6.07, 6.45) is 1.66. The first-order chi connectivity index (χ1) is 24.3. The number of benzene rings is 5. The van der Waals surface area contributed by atoms with E-state index in [2.05, 4.69) is 16.0 Å². The summed E-state index contributed by atoms with van der Waals surface area (Å²) < 4.78 is 0. The highest BCUT2D eigenvalue weighted by atomic mass is 32.2. The van der Waals surface area contributed by atoms with Crippen LogP contribution in [0.15, 0.2) is 150 Å². The van der Waals surface area contributed by atoms with E-state index in [4.69, 9.17) is 4.98 Å². The summed E-state index contributed by atoms with van der Waals surface area (Å²) >= 11 is 2.85. The third-order valence-corrected chi connectivity index (χ3v) is 9.81. The molecule has 0 aliphatic heterocycles. The molecule has 50 heavy (non-hydrogen) atoms. The van der Waals surface area contributed by atoms with Gasteiger partial charge in [-0.3, -0.25) is 14.4 Å². The van der Waals surface area contributed by atoms with Crippen LogP contribution >= 0.6 is 23.1 Å². The molecule has 0 bridgehead atoms. The number of carbonyl (C=O) groups is 3. The Labute approximate surface area is 299 Å².